The fourth-order valence-corrected chi connectivity index (χ4v) is 5.65. The number of benzene rings is 3. The van der Waals surface area contributed by atoms with Crippen molar-refractivity contribution < 1.29 is 14.2 Å². The van der Waals surface area contributed by atoms with Crippen molar-refractivity contribution in [1.82, 2.24) is 24.5 Å². The predicted molar refractivity (Wildman–Crippen MR) is 181 cm³/mol. The largest absolute Gasteiger partial charge is 0.491 e. The van der Waals surface area contributed by atoms with Crippen LogP contribution < -0.4 is 21.1 Å². The zero-order valence-electron chi connectivity index (χ0n) is 27.0. The lowest BCUT2D eigenvalue weighted by Crippen LogP contribution is -2.33. The summed E-state index contributed by atoms with van der Waals surface area (Å²) in [6.07, 6.45) is 6.15. The average Bonchev–Trinajstić information content (AvgIpc) is 3.70. The van der Waals surface area contributed by atoms with Gasteiger partial charge < -0.3 is 24.8 Å². The Bertz CT molecular complexity index is 1790. The van der Waals surface area contributed by atoms with Crippen LogP contribution in [-0.4, -0.2) is 57.0 Å². The molecule has 244 valence electrons. The van der Waals surface area contributed by atoms with Gasteiger partial charge in [-0.2, -0.15) is 15.3 Å². The van der Waals surface area contributed by atoms with Gasteiger partial charge in [0.1, 0.15) is 24.8 Å². The first-order chi connectivity index (χ1) is 22.9. The van der Waals surface area contributed by atoms with Crippen LogP contribution in [0.2, 0.25) is 0 Å². The first-order valence-electron chi connectivity index (χ1n) is 16.0. The fourth-order valence-electron chi connectivity index (χ4n) is 5.65. The van der Waals surface area contributed by atoms with E-state index in [0.717, 1.165) is 59.0 Å². The highest BCUT2D eigenvalue weighted by atomic mass is 16.8. The summed E-state index contributed by atoms with van der Waals surface area (Å²) in [6, 6.07) is 25.8. The van der Waals surface area contributed by atoms with Crippen molar-refractivity contribution in [3.63, 3.8) is 0 Å². The SMILES string of the molecule is CCC(C)n1ncn(-c2ccc(NCCNc3ccc(OC[C@@H]4CO[C@@](Cc5ccnnc5)(c5ccccc5C)O4)cc3)cc2)c1=O. The van der Waals surface area contributed by atoms with Gasteiger partial charge in [0.05, 0.1) is 24.5 Å². The van der Waals surface area contributed by atoms with Crippen LogP contribution in [0.25, 0.3) is 5.69 Å². The van der Waals surface area contributed by atoms with E-state index in [1.165, 1.54) is 4.68 Å². The van der Waals surface area contributed by atoms with E-state index < -0.39 is 5.79 Å². The van der Waals surface area contributed by atoms with E-state index in [9.17, 15) is 4.79 Å². The average molecular weight is 636 g/mol. The molecule has 0 amide bonds. The third kappa shape index (κ3) is 7.53. The van der Waals surface area contributed by atoms with Crippen LogP contribution in [0, 0.1) is 6.92 Å². The van der Waals surface area contributed by atoms with E-state index >= 15 is 0 Å². The summed E-state index contributed by atoms with van der Waals surface area (Å²) in [7, 11) is 0. The molecule has 0 bridgehead atoms. The van der Waals surface area contributed by atoms with Gasteiger partial charge in [0.25, 0.3) is 0 Å². The van der Waals surface area contributed by atoms with E-state index in [0.29, 0.717) is 19.6 Å². The third-order valence-electron chi connectivity index (χ3n) is 8.42. The number of hydrogen-bond acceptors (Lipinski definition) is 9. The normalized spacial score (nSPS) is 18.1. The van der Waals surface area contributed by atoms with Crippen molar-refractivity contribution in [2.45, 2.75) is 51.5 Å². The summed E-state index contributed by atoms with van der Waals surface area (Å²) in [6.45, 7) is 8.34. The maximum atomic E-state index is 12.7. The molecule has 0 aliphatic carbocycles. The van der Waals surface area contributed by atoms with Crippen molar-refractivity contribution in [2.24, 2.45) is 0 Å². The third-order valence-corrected chi connectivity index (χ3v) is 8.42. The summed E-state index contributed by atoms with van der Waals surface area (Å²) in [5.74, 6) is -0.152. The molecule has 5 aromatic rings. The topological polar surface area (TPSA) is 117 Å². The van der Waals surface area contributed by atoms with Crippen LogP contribution in [0.15, 0.2) is 102 Å². The monoisotopic (exact) mass is 635 g/mol. The number of rotatable bonds is 14. The predicted octanol–water partition coefficient (Wildman–Crippen LogP) is 5.52. The second-order valence-electron chi connectivity index (χ2n) is 11.8. The number of aromatic nitrogens is 5. The Morgan fingerprint density at radius 2 is 1.70 bits per heavy atom. The summed E-state index contributed by atoms with van der Waals surface area (Å²) in [5.41, 5.74) is 5.73. The molecule has 1 fully saturated rings. The first-order valence-corrected chi connectivity index (χ1v) is 16.0. The number of nitrogens with one attached hydrogen (secondary N) is 2. The van der Waals surface area contributed by atoms with E-state index in [1.807, 2.05) is 80.6 Å². The second-order valence-corrected chi connectivity index (χ2v) is 11.8. The summed E-state index contributed by atoms with van der Waals surface area (Å²) >= 11 is 0. The summed E-state index contributed by atoms with van der Waals surface area (Å²) in [5, 5.41) is 19.0. The van der Waals surface area contributed by atoms with Crippen molar-refractivity contribution in [2.75, 3.05) is 36.9 Å². The van der Waals surface area contributed by atoms with Crippen molar-refractivity contribution in [1.29, 1.82) is 0 Å². The summed E-state index contributed by atoms with van der Waals surface area (Å²) < 4.78 is 22.2. The van der Waals surface area contributed by atoms with Crippen molar-refractivity contribution in [3.8, 4) is 11.4 Å². The minimum absolute atomic E-state index is 0.0650. The Labute approximate surface area is 274 Å². The van der Waals surface area contributed by atoms with E-state index in [4.69, 9.17) is 14.2 Å². The van der Waals surface area contributed by atoms with Crippen LogP contribution in [-0.2, 0) is 21.7 Å². The van der Waals surface area contributed by atoms with Gasteiger partial charge in [-0.15, -0.1) is 0 Å². The fraction of sp³-hybridized carbons (Fsp3) is 0.333. The van der Waals surface area contributed by atoms with Crippen LogP contribution >= 0.6 is 0 Å². The molecule has 1 aliphatic rings. The molecule has 2 N–H and O–H groups in total. The molecule has 3 heterocycles. The van der Waals surface area contributed by atoms with Gasteiger partial charge in [0, 0.05) is 42.6 Å². The Morgan fingerprint density at radius 3 is 2.38 bits per heavy atom. The van der Waals surface area contributed by atoms with Crippen molar-refractivity contribution in [3.05, 3.63) is 125 Å². The Morgan fingerprint density at radius 1 is 0.979 bits per heavy atom. The molecule has 0 spiro atoms. The smallest absolute Gasteiger partial charge is 0.350 e. The quantitative estimate of drug-likeness (QED) is 0.152. The molecule has 1 saturated heterocycles. The first kappa shape index (κ1) is 32.0. The molecular weight excluding hydrogens is 594 g/mol. The maximum Gasteiger partial charge on any atom is 0.350 e. The molecule has 0 radical (unpaired) electrons. The molecule has 11 heteroatoms. The minimum atomic E-state index is -0.914. The van der Waals surface area contributed by atoms with Crippen LogP contribution in [0.5, 0.6) is 5.75 Å². The van der Waals surface area contributed by atoms with E-state index in [1.54, 1.807) is 23.3 Å². The van der Waals surface area contributed by atoms with Crippen molar-refractivity contribution >= 4 is 11.4 Å². The zero-order chi connectivity index (χ0) is 32.6. The van der Waals surface area contributed by atoms with Gasteiger partial charge >= 0.3 is 5.69 Å². The molecular formula is C36H41N7O4. The van der Waals surface area contributed by atoms with Crippen LogP contribution in [0.3, 0.4) is 0 Å². The van der Waals surface area contributed by atoms with Crippen LogP contribution in [0.1, 0.15) is 43.0 Å². The molecule has 1 aliphatic heterocycles. The number of nitrogens with zero attached hydrogens (tertiary/aromatic N) is 5. The highest BCUT2D eigenvalue weighted by Crippen LogP contribution is 2.39. The standard InChI is InChI=1S/C36H41N7O4/c1-4-27(3)43-35(44)42(25-41-43)31-13-9-29(10-14-31)37-19-20-38-30-11-15-32(16-12-30)45-23-33-24-46-36(47-33,21-28-17-18-39-40-22-28)34-8-6-5-7-26(34)2/h5-18,22,25,27,33,37-38H,4,19-21,23-24H2,1-3H3/t27?,33-,36-/m1/s1. The Kier molecular flexibility index (Phi) is 9.94. The Hall–Kier alpha value is -5.00. The van der Waals surface area contributed by atoms with Gasteiger partial charge in [-0.1, -0.05) is 31.2 Å². The minimum Gasteiger partial charge on any atom is -0.491 e. The molecule has 3 aromatic carbocycles. The molecule has 6 rings (SSSR count). The molecule has 3 atom stereocenters. The molecule has 0 saturated carbocycles. The van der Waals surface area contributed by atoms with E-state index in [-0.39, 0.29) is 17.8 Å². The van der Waals surface area contributed by atoms with Gasteiger partial charge in [-0.05, 0) is 86.0 Å². The molecule has 11 nitrogen and oxygen atoms in total. The van der Waals surface area contributed by atoms with E-state index in [2.05, 4.69) is 45.0 Å². The lowest BCUT2D eigenvalue weighted by molar-refractivity contribution is -0.178. The lowest BCUT2D eigenvalue weighted by atomic mass is 9.95. The van der Waals surface area contributed by atoms with Gasteiger partial charge in [0.15, 0.2) is 5.79 Å². The highest BCUT2D eigenvalue weighted by Gasteiger charge is 2.44. The lowest BCUT2D eigenvalue weighted by Gasteiger charge is -2.30. The zero-order valence-corrected chi connectivity index (χ0v) is 27.0. The molecule has 1 unspecified atom stereocenters. The van der Waals surface area contributed by atoms with Gasteiger partial charge in [0.2, 0.25) is 0 Å². The summed E-state index contributed by atoms with van der Waals surface area (Å²) in [4.78, 5) is 12.7. The second kappa shape index (κ2) is 14.6. The Balaban J connectivity index is 0.966. The number of aryl methyl sites for hydroxylation is 1. The highest BCUT2D eigenvalue weighted by molar-refractivity contribution is 5.50. The van der Waals surface area contributed by atoms with Crippen LogP contribution in [0.4, 0.5) is 11.4 Å². The molecule has 47 heavy (non-hydrogen) atoms. The number of ether oxygens (including phenoxy) is 3. The molecule has 2 aromatic heterocycles. The number of hydrogen-bond donors (Lipinski definition) is 2. The number of anilines is 2. The van der Waals surface area contributed by atoms with Gasteiger partial charge in [-0.25, -0.2) is 14.0 Å². The maximum absolute atomic E-state index is 12.7. The van der Waals surface area contributed by atoms with Gasteiger partial charge in [-0.3, -0.25) is 0 Å².